The molecule has 1 saturated heterocycles. The van der Waals surface area contributed by atoms with E-state index in [1.54, 1.807) is 5.54 Å². The minimum absolute atomic E-state index is 0.653. The van der Waals surface area contributed by atoms with Crippen molar-refractivity contribution in [1.82, 2.24) is 4.90 Å². The number of hydrogen-bond acceptors (Lipinski definition) is 2. The van der Waals surface area contributed by atoms with Crippen molar-refractivity contribution in [2.75, 3.05) is 19.6 Å². The number of nitrogens with two attached hydrogens (primary N) is 1. The summed E-state index contributed by atoms with van der Waals surface area (Å²) in [7, 11) is 0. The normalized spacial score (nSPS) is 31.2. The van der Waals surface area contributed by atoms with Crippen molar-refractivity contribution in [3.8, 4) is 0 Å². The molecular weight excluding hydrogens is 184 g/mol. The Bertz CT molecular complexity index is 191. The molecule has 3 heteroatoms. The molecular formula is C10H19ClN2. The third-order valence-electron chi connectivity index (χ3n) is 2.76. The van der Waals surface area contributed by atoms with Crippen molar-refractivity contribution in [1.29, 1.82) is 0 Å². The molecule has 76 valence electrons. The van der Waals surface area contributed by atoms with E-state index in [0.717, 1.165) is 19.6 Å². The molecule has 1 aliphatic heterocycles. The summed E-state index contributed by atoms with van der Waals surface area (Å²) in [4.78, 5) is 2.45. The van der Waals surface area contributed by atoms with Crippen LogP contribution in [0.5, 0.6) is 0 Å². The van der Waals surface area contributed by atoms with Gasteiger partial charge >= 0.3 is 0 Å². The van der Waals surface area contributed by atoms with Gasteiger partial charge in [-0.3, -0.25) is 4.90 Å². The van der Waals surface area contributed by atoms with Crippen molar-refractivity contribution in [2.45, 2.75) is 26.3 Å². The van der Waals surface area contributed by atoms with Gasteiger partial charge in [0, 0.05) is 24.7 Å². The van der Waals surface area contributed by atoms with E-state index in [2.05, 4.69) is 18.7 Å². The molecule has 0 aromatic rings. The molecule has 0 bridgehead atoms. The molecule has 0 aromatic heterocycles. The van der Waals surface area contributed by atoms with Crippen LogP contribution in [-0.2, 0) is 0 Å². The van der Waals surface area contributed by atoms with Crippen LogP contribution in [0.1, 0.15) is 20.3 Å². The van der Waals surface area contributed by atoms with E-state index >= 15 is 0 Å². The average Bonchev–Trinajstić information content (AvgIpc) is 2.47. The highest BCUT2D eigenvalue weighted by molar-refractivity contribution is 6.25. The largest absolute Gasteiger partial charge is 0.330 e. The Hall–Kier alpha value is -0.0500. The van der Waals surface area contributed by atoms with Crippen molar-refractivity contribution in [3.63, 3.8) is 0 Å². The van der Waals surface area contributed by atoms with Crippen molar-refractivity contribution in [2.24, 2.45) is 11.7 Å². The zero-order valence-corrected chi connectivity index (χ0v) is 9.22. The Morgan fingerprint density at radius 1 is 1.69 bits per heavy atom. The number of rotatable bonds is 3. The van der Waals surface area contributed by atoms with Crippen molar-refractivity contribution >= 4 is 11.6 Å². The summed E-state index contributed by atoms with van der Waals surface area (Å²) in [6, 6.07) is 0.653. The second-order valence-corrected chi connectivity index (χ2v) is 4.29. The number of halogens is 1. The number of hydrogen-bond donors (Lipinski definition) is 1. The maximum absolute atomic E-state index is 5.65. The molecule has 0 radical (unpaired) electrons. The first-order valence-electron chi connectivity index (χ1n) is 4.87. The maximum atomic E-state index is 5.65. The molecule has 2 atom stereocenters. The highest BCUT2D eigenvalue weighted by atomic mass is 35.5. The fourth-order valence-electron chi connectivity index (χ4n) is 1.96. The number of nitrogens with zero attached hydrogens (tertiary/aromatic N) is 1. The van der Waals surface area contributed by atoms with Crippen LogP contribution < -0.4 is 5.73 Å². The standard InChI is InChI=1S/C10H19ClN2/c1-8(4-11)6-13-7-10(5-12)3-9(13)2/h4,9-10H,3,5-7,12H2,1-2H3. The van der Waals surface area contributed by atoms with Crippen LogP contribution in [0.15, 0.2) is 11.1 Å². The Morgan fingerprint density at radius 2 is 2.38 bits per heavy atom. The van der Waals surface area contributed by atoms with Crippen LogP contribution in [0.3, 0.4) is 0 Å². The zero-order valence-electron chi connectivity index (χ0n) is 8.46. The van der Waals surface area contributed by atoms with Crippen LogP contribution >= 0.6 is 11.6 Å². The summed E-state index contributed by atoms with van der Waals surface area (Å²) in [6.07, 6.45) is 1.23. The molecule has 0 spiro atoms. The van der Waals surface area contributed by atoms with Gasteiger partial charge in [-0.2, -0.15) is 0 Å². The summed E-state index contributed by atoms with van der Waals surface area (Å²) >= 11 is 5.64. The van der Waals surface area contributed by atoms with Gasteiger partial charge in [0.1, 0.15) is 0 Å². The molecule has 2 nitrogen and oxygen atoms in total. The third kappa shape index (κ3) is 2.97. The summed E-state index contributed by atoms with van der Waals surface area (Å²) < 4.78 is 0. The zero-order chi connectivity index (χ0) is 9.84. The smallest absolute Gasteiger partial charge is 0.0204 e. The second kappa shape index (κ2) is 4.99. The van der Waals surface area contributed by atoms with E-state index in [0.29, 0.717) is 12.0 Å². The lowest BCUT2D eigenvalue weighted by Crippen LogP contribution is -2.29. The first-order chi connectivity index (χ1) is 6.17. The summed E-state index contributed by atoms with van der Waals surface area (Å²) in [5.74, 6) is 0.679. The van der Waals surface area contributed by atoms with Gasteiger partial charge < -0.3 is 5.73 Å². The van der Waals surface area contributed by atoms with E-state index in [9.17, 15) is 0 Å². The van der Waals surface area contributed by atoms with E-state index in [1.165, 1.54) is 12.0 Å². The Labute approximate surface area is 85.7 Å². The lowest BCUT2D eigenvalue weighted by atomic mass is 10.1. The molecule has 0 saturated carbocycles. The minimum atomic E-state index is 0.653. The third-order valence-corrected chi connectivity index (χ3v) is 3.14. The van der Waals surface area contributed by atoms with Crippen LogP contribution in [0.2, 0.25) is 0 Å². The Morgan fingerprint density at radius 3 is 2.85 bits per heavy atom. The lowest BCUT2D eigenvalue weighted by molar-refractivity contribution is 0.287. The molecule has 0 aromatic carbocycles. The first kappa shape index (κ1) is 11.0. The minimum Gasteiger partial charge on any atom is -0.330 e. The van der Waals surface area contributed by atoms with Gasteiger partial charge in [-0.15, -0.1) is 0 Å². The topological polar surface area (TPSA) is 29.3 Å². The molecule has 0 aliphatic carbocycles. The molecule has 13 heavy (non-hydrogen) atoms. The van der Waals surface area contributed by atoms with Gasteiger partial charge in [0.2, 0.25) is 0 Å². The maximum Gasteiger partial charge on any atom is 0.0204 e. The van der Waals surface area contributed by atoms with Crippen molar-refractivity contribution < 1.29 is 0 Å². The fourth-order valence-corrected chi connectivity index (χ4v) is 2.03. The van der Waals surface area contributed by atoms with Crippen LogP contribution in [0, 0.1) is 5.92 Å². The van der Waals surface area contributed by atoms with E-state index in [1.807, 2.05) is 0 Å². The second-order valence-electron chi connectivity index (χ2n) is 4.07. The molecule has 1 rings (SSSR count). The molecule has 2 unspecified atom stereocenters. The quantitative estimate of drug-likeness (QED) is 0.757. The van der Waals surface area contributed by atoms with E-state index < -0.39 is 0 Å². The number of likely N-dealkylation sites (tertiary alicyclic amines) is 1. The molecule has 2 N–H and O–H groups in total. The highest BCUT2D eigenvalue weighted by Gasteiger charge is 2.27. The predicted octanol–water partition coefficient (Wildman–Crippen LogP) is 1.80. The van der Waals surface area contributed by atoms with Gasteiger partial charge in [-0.05, 0) is 38.3 Å². The molecule has 1 fully saturated rings. The van der Waals surface area contributed by atoms with Crippen LogP contribution in [0.25, 0.3) is 0 Å². The average molecular weight is 203 g/mol. The monoisotopic (exact) mass is 202 g/mol. The van der Waals surface area contributed by atoms with Gasteiger partial charge in [-0.25, -0.2) is 0 Å². The lowest BCUT2D eigenvalue weighted by Gasteiger charge is -2.20. The van der Waals surface area contributed by atoms with Gasteiger partial charge in [0.25, 0.3) is 0 Å². The molecule has 1 aliphatic rings. The summed E-state index contributed by atoms with van der Waals surface area (Å²) in [5.41, 5.74) is 8.55. The predicted molar refractivity (Wildman–Crippen MR) is 57.8 cm³/mol. The Kier molecular flexibility index (Phi) is 4.23. The van der Waals surface area contributed by atoms with Gasteiger partial charge in [-0.1, -0.05) is 11.6 Å². The summed E-state index contributed by atoms with van der Waals surface area (Å²) in [6.45, 7) is 7.25. The van der Waals surface area contributed by atoms with Gasteiger partial charge in [0.15, 0.2) is 0 Å². The van der Waals surface area contributed by atoms with Crippen molar-refractivity contribution in [3.05, 3.63) is 11.1 Å². The fraction of sp³-hybridized carbons (Fsp3) is 0.800. The highest BCUT2D eigenvalue weighted by Crippen LogP contribution is 2.22. The Balaban J connectivity index is 2.43. The first-order valence-corrected chi connectivity index (χ1v) is 5.31. The molecule has 1 heterocycles. The molecule has 0 amide bonds. The van der Waals surface area contributed by atoms with Gasteiger partial charge in [0.05, 0.1) is 0 Å². The van der Waals surface area contributed by atoms with E-state index in [4.69, 9.17) is 17.3 Å². The summed E-state index contributed by atoms with van der Waals surface area (Å²) in [5, 5.41) is 0. The SMILES string of the molecule is CC(=CCl)CN1CC(CN)CC1C. The van der Waals surface area contributed by atoms with Crippen LogP contribution in [0.4, 0.5) is 0 Å². The van der Waals surface area contributed by atoms with Crippen LogP contribution in [-0.4, -0.2) is 30.6 Å². The van der Waals surface area contributed by atoms with E-state index in [-0.39, 0.29) is 0 Å².